The lowest BCUT2D eigenvalue weighted by molar-refractivity contribution is 0.0827. The molecule has 2 nitrogen and oxygen atoms in total. The van der Waals surface area contributed by atoms with Crippen molar-refractivity contribution in [2.75, 3.05) is 0 Å². The quantitative estimate of drug-likeness (QED) is 0.449. The van der Waals surface area contributed by atoms with Crippen LogP contribution >= 0.6 is 11.6 Å². The van der Waals surface area contributed by atoms with Crippen LogP contribution in [0.15, 0.2) is 90.5 Å². The minimum atomic E-state index is -0.872. The molecule has 0 saturated carbocycles. The molecule has 3 heteroatoms. The van der Waals surface area contributed by atoms with E-state index in [1.54, 1.807) is 24.3 Å². The fraction of sp³-hybridized carbons (Fsp3) is 0.154. The Morgan fingerprint density at radius 2 is 1.38 bits per heavy atom. The molecule has 1 aliphatic carbocycles. The molecule has 1 aliphatic rings. The number of benzene rings is 3. The Morgan fingerprint density at radius 1 is 0.793 bits per heavy atom. The van der Waals surface area contributed by atoms with Gasteiger partial charge in [0, 0.05) is 21.7 Å². The van der Waals surface area contributed by atoms with Crippen molar-refractivity contribution in [1.29, 1.82) is 0 Å². The van der Waals surface area contributed by atoms with Crippen LogP contribution in [-0.4, -0.2) is 11.6 Å². The van der Waals surface area contributed by atoms with Gasteiger partial charge in [-0.25, -0.2) is 0 Å². The molecule has 0 saturated heterocycles. The average Bonchev–Trinajstić information content (AvgIpc) is 3.13. The highest BCUT2D eigenvalue weighted by atomic mass is 35.5. The Hall–Kier alpha value is -2.97. The molecule has 3 aromatic rings. The number of ketones is 2. The molecule has 0 amide bonds. The van der Waals surface area contributed by atoms with Crippen molar-refractivity contribution >= 4 is 28.7 Å². The molecule has 0 bridgehead atoms. The molecule has 0 heterocycles. The Bertz CT molecular complexity index is 1080. The second-order valence-electron chi connectivity index (χ2n) is 7.58. The molecule has 0 N–H and O–H groups in total. The fourth-order valence-corrected chi connectivity index (χ4v) is 4.28. The molecule has 0 fully saturated rings. The largest absolute Gasteiger partial charge is 0.293 e. The zero-order chi connectivity index (χ0) is 20.4. The molecule has 3 aromatic carbocycles. The second kappa shape index (κ2) is 7.81. The third-order valence-electron chi connectivity index (χ3n) is 5.72. The molecule has 1 unspecified atom stereocenters. The van der Waals surface area contributed by atoms with Gasteiger partial charge in [-0.15, -0.1) is 0 Å². The van der Waals surface area contributed by atoms with Crippen LogP contribution < -0.4 is 0 Å². The summed E-state index contributed by atoms with van der Waals surface area (Å²) in [4.78, 5) is 27.2. The van der Waals surface area contributed by atoms with Crippen molar-refractivity contribution in [2.45, 2.75) is 19.8 Å². The maximum Gasteiger partial charge on any atom is 0.190 e. The minimum Gasteiger partial charge on any atom is -0.293 e. The lowest BCUT2D eigenvalue weighted by Gasteiger charge is -2.26. The number of allylic oxidation sites excluding steroid dienone is 2. The highest BCUT2D eigenvalue weighted by Crippen LogP contribution is 2.49. The van der Waals surface area contributed by atoms with Gasteiger partial charge >= 0.3 is 0 Å². The standard InChI is InChI=1S/C26H21ClO2/c1-26(25(29)20-10-6-3-7-11-20)17-16-22(18-8-4-2-5-9-18)23(26)24(28)19-12-14-21(27)15-13-19/h2-15H,16-17H2,1H3. The van der Waals surface area contributed by atoms with E-state index in [0.29, 0.717) is 34.6 Å². The van der Waals surface area contributed by atoms with Gasteiger partial charge in [0.2, 0.25) is 0 Å². The van der Waals surface area contributed by atoms with Crippen LogP contribution in [0, 0.1) is 5.41 Å². The zero-order valence-corrected chi connectivity index (χ0v) is 16.9. The molecule has 29 heavy (non-hydrogen) atoms. The Kier molecular flexibility index (Phi) is 5.21. The minimum absolute atomic E-state index is 0.0126. The summed E-state index contributed by atoms with van der Waals surface area (Å²) in [5.41, 5.74) is 2.85. The first-order chi connectivity index (χ1) is 14.0. The molecular weight excluding hydrogens is 380 g/mol. The van der Waals surface area contributed by atoms with Gasteiger partial charge in [0.1, 0.15) is 0 Å². The van der Waals surface area contributed by atoms with Gasteiger partial charge in [0.05, 0.1) is 5.41 Å². The van der Waals surface area contributed by atoms with Gasteiger partial charge in [0.25, 0.3) is 0 Å². The van der Waals surface area contributed by atoms with Crippen LogP contribution in [0.25, 0.3) is 5.57 Å². The lowest BCUT2D eigenvalue weighted by atomic mass is 9.73. The van der Waals surface area contributed by atoms with Crippen LogP contribution in [0.4, 0.5) is 0 Å². The van der Waals surface area contributed by atoms with Crippen molar-refractivity contribution in [3.8, 4) is 0 Å². The van der Waals surface area contributed by atoms with E-state index in [0.717, 1.165) is 11.1 Å². The Labute approximate surface area is 175 Å². The highest BCUT2D eigenvalue weighted by molar-refractivity contribution is 6.30. The number of carbonyl (C=O) groups is 2. The van der Waals surface area contributed by atoms with E-state index in [-0.39, 0.29) is 11.6 Å². The van der Waals surface area contributed by atoms with Crippen LogP contribution in [-0.2, 0) is 0 Å². The fourth-order valence-electron chi connectivity index (χ4n) is 4.15. The zero-order valence-electron chi connectivity index (χ0n) is 16.2. The van der Waals surface area contributed by atoms with E-state index in [4.69, 9.17) is 11.6 Å². The summed E-state index contributed by atoms with van der Waals surface area (Å²) in [5, 5.41) is 0.577. The molecule has 0 spiro atoms. The normalized spacial score (nSPS) is 18.7. The summed E-state index contributed by atoms with van der Waals surface area (Å²) in [6.07, 6.45) is 1.30. The third-order valence-corrected chi connectivity index (χ3v) is 5.97. The summed E-state index contributed by atoms with van der Waals surface area (Å²) in [6.45, 7) is 1.90. The van der Waals surface area contributed by atoms with Gasteiger partial charge in [-0.2, -0.15) is 0 Å². The number of hydrogen-bond acceptors (Lipinski definition) is 2. The van der Waals surface area contributed by atoms with E-state index in [1.807, 2.05) is 67.6 Å². The van der Waals surface area contributed by atoms with Crippen LogP contribution in [0.2, 0.25) is 5.02 Å². The van der Waals surface area contributed by atoms with Gasteiger partial charge in [-0.05, 0) is 55.2 Å². The number of rotatable bonds is 5. The molecular formula is C26H21ClO2. The van der Waals surface area contributed by atoms with E-state index in [9.17, 15) is 9.59 Å². The second-order valence-corrected chi connectivity index (χ2v) is 8.02. The van der Waals surface area contributed by atoms with Gasteiger partial charge in [-0.1, -0.05) is 72.3 Å². The van der Waals surface area contributed by atoms with E-state index >= 15 is 0 Å². The van der Waals surface area contributed by atoms with E-state index in [1.165, 1.54) is 0 Å². The molecule has 0 aromatic heterocycles. The van der Waals surface area contributed by atoms with E-state index in [2.05, 4.69) is 0 Å². The first-order valence-electron chi connectivity index (χ1n) is 9.70. The number of halogens is 1. The number of carbonyl (C=O) groups excluding carboxylic acids is 2. The maximum atomic E-state index is 13.6. The summed E-state index contributed by atoms with van der Waals surface area (Å²) in [5.74, 6) is -0.119. The molecule has 1 atom stereocenters. The van der Waals surface area contributed by atoms with Gasteiger partial charge in [-0.3, -0.25) is 9.59 Å². The lowest BCUT2D eigenvalue weighted by Crippen LogP contribution is -2.31. The number of hydrogen-bond donors (Lipinski definition) is 0. The third kappa shape index (κ3) is 3.56. The molecule has 0 radical (unpaired) electrons. The molecule has 4 rings (SSSR count). The SMILES string of the molecule is CC1(C(=O)c2ccccc2)CCC(c2ccccc2)=C1C(=O)c1ccc(Cl)cc1. The predicted molar refractivity (Wildman–Crippen MR) is 117 cm³/mol. The smallest absolute Gasteiger partial charge is 0.190 e. The molecule has 144 valence electrons. The topological polar surface area (TPSA) is 34.1 Å². The monoisotopic (exact) mass is 400 g/mol. The first-order valence-corrected chi connectivity index (χ1v) is 10.1. The predicted octanol–water partition coefficient (Wildman–Crippen LogP) is 6.66. The van der Waals surface area contributed by atoms with Crippen molar-refractivity contribution < 1.29 is 9.59 Å². The van der Waals surface area contributed by atoms with Crippen LogP contribution in [0.1, 0.15) is 46.0 Å². The van der Waals surface area contributed by atoms with Crippen molar-refractivity contribution in [3.63, 3.8) is 0 Å². The first kappa shape index (κ1) is 19.4. The summed E-state index contributed by atoms with van der Waals surface area (Å²) in [6, 6.07) is 26.0. The maximum absolute atomic E-state index is 13.6. The number of Topliss-reactive ketones (excluding diaryl/α,β-unsaturated/α-hetero) is 2. The Balaban J connectivity index is 1.87. The van der Waals surface area contributed by atoms with Gasteiger partial charge in [0.15, 0.2) is 11.6 Å². The summed E-state index contributed by atoms with van der Waals surface area (Å²) < 4.78 is 0. The Morgan fingerprint density at radius 3 is 2.00 bits per heavy atom. The summed E-state index contributed by atoms with van der Waals surface area (Å²) >= 11 is 6.01. The van der Waals surface area contributed by atoms with Crippen molar-refractivity contribution in [3.05, 3.63) is 112 Å². The average molecular weight is 401 g/mol. The molecule has 0 aliphatic heterocycles. The van der Waals surface area contributed by atoms with Crippen molar-refractivity contribution in [1.82, 2.24) is 0 Å². The van der Waals surface area contributed by atoms with E-state index < -0.39 is 5.41 Å². The van der Waals surface area contributed by atoms with Gasteiger partial charge < -0.3 is 0 Å². The summed E-state index contributed by atoms with van der Waals surface area (Å²) in [7, 11) is 0. The van der Waals surface area contributed by atoms with Crippen LogP contribution in [0.5, 0.6) is 0 Å². The highest BCUT2D eigenvalue weighted by Gasteiger charge is 2.46. The van der Waals surface area contributed by atoms with Crippen LogP contribution in [0.3, 0.4) is 0 Å². The van der Waals surface area contributed by atoms with Crippen molar-refractivity contribution in [2.24, 2.45) is 5.41 Å².